The molecule has 27 heavy (non-hydrogen) atoms. The molecule has 7 nitrogen and oxygen atoms in total. The van der Waals surface area contributed by atoms with Gasteiger partial charge in [-0.3, -0.25) is 0 Å². The van der Waals surface area contributed by atoms with Crippen LogP contribution in [0.2, 0.25) is 0 Å². The van der Waals surface area contributed by atoms with E-state index < -0.39 is 12.1 Å². The van der Waals surface area contributed by atoms with E-state index in [9.17, 15) is 4.79 Å². The predicted octanol–water partition coefficient (Wildman–Crippen LogP) is 4.06. The molecule has 0 aliphatic rings. The molecule has 140 valence electrons. The van der Waals surface area contributed by atoms with E-state index in [1.54, 1.807) is 25.1 Å². The van der Waals surface area contributed by atoms with E-state index in [0.29, 0.717) is 29.6 Å². The van der Waals surface area contributed by atoms with Crippen LogP contribution in [0.4, 0.5) is 0 Å². The van der Waals surface area contributed by atoms with Crippen LogP contribution in [-0.4, -0.2) is 29.9 Å². The third-order valence-electron chi connectivity index (χ3n) is 3.79. The Hall–Kier alpha value is -3.35. The van der Waals surface area contributed by atoms with Gasteiger partial charge in [0.05, 0.1) is 19.3 Å². The van der Waals surface area contributed by atoms with Gasteiger partial charge in [0.2, 0.25) is 5.89 Å². The third-order valence-corrected chi connectivity index (χ3v) is 3.79. The number of nitrogens with zero attached hydrogens (tertiary/aromatic N) is 2. The largest absolute Gasteiger partial charge is 0.493 e. The number of hydrogen-bond acceptors (Lipinski definition) is 7. The first-order valence-corrected chi connectivity index (χ1v) is 8.53. The smallest absolute Gasteiger partial charge is 0.339 e. The topological polar surface area (TPSA) is 83.7 Å². The first kappa shape index (κ1) is 18.4. The number of esters is 1. The Balaban J connectivity index is 1.72. The number of carbonyl (C=O) groups excluding carboxylic acids is 1. The molecule has 0 radical (unpaired) electrons. The van der Waals surface area contributed by atoms with Crippen LogP contribution < -0.4 is 9.47 Å². The standard InChI is InChI=1S/C20H20N2O5/c1-4-25-17-12-15(10-11-16(17)24-3)20(23)26-13(2)18-21-22-19(27-18)14-8-6-5-7-9-14/h5-13H,4H2,1-3H3/t13-/m0/s1. The first-order chi connectivity index (χ1) is 13.1. The highest BCUT2D eigenvalue weighted by atomic mass is 16.6. The molecule has 0 saturated heterocycles. The minimum Gasteiger partial charge on any atom is -0.493 e. The molecule has 1 heterocycles. The minimum atomic E-state index is -0.694. The van der Waals surface area contributed by atoms with Crippen LogP contribution in [0, 0.1) is 0 Å². The van der Waals surface area contributed by atoms with Gasteiger partial charge in [0.1, 0.15) is 0 Å². The second kappa shape index (κ2) is 8.35. The number of carbonyl (C=O) groups is 1. The van der Waals surface area contributed by atoms with Crippen molar-refractivity contribution in [2.75, 3.05) is 13.7 Å². The van der Waals surface area contributed by atoms with Gasteiger partial charge in [0.25, 0.3) is 5.89 Å². The summed E-state index contributed by atoms with van der Waals surface area (Å²) in [6.07, 6.45) is -0.694. The first-order valence-electron chi connectivity index (χ1n) is 8.53. The van der Waals surface area contributed by atoms with Crippen molar-refractivity contribution in [3.05, 3.63) is 60.0 Å². The highest BCUT2D eigenvalue weighted by Gasteiger charge is 2.21. The Kier molecular flexibility index (Phi) is 5.71. The van der Waals surface area contributed by atoms with Crippen molar-refractivity contribution in [2.24, 2.45) is 0 Å². The van der Waals surface area contributed by atoms with E-state index in [4.69, 9.17) is 18.6 Å². The zero-order valence-corrected chi connectivity index (χ0v) is 15.3. The maximum Gasteiger partial charge on any atom is 0.339 e. The number of hydrogen-bond donors (Lipinski definition) is 0. The normalized spacial score (nSPS) is 11.7. The summed E-state index contributed by atoms with van der Waals surface area (Å²) >= 11 is 0. The lowest BCUT2D eigenvalue weighted by atomic mass is 10.2. The second-order valence-corrected chi connectivity index (χ2v) is 5.66. The molecule has 2 aromatic carbocycles. The summed E-state index contributed by atoms with van der Waals surface area (Å²) < 4.78 is 21.8. The van der Waals surface area contributed by atoms with Crippen molar-refractivity contribution in [3.63, 3.8) is 0 Å². The lowest BCUT2D eigenvalue weighted by molar-refractivity contribution is 0.0279. The van der Waals surface area contributed by atoms with E-state index in [0.717, 1.165) is 5.56 Å². The van der Waals surface area contributed by atoms with Crippen molar-refractivity contribution in [1.82, 2.24) is 10.2 Å². The molecule has 0 bridgehead atoms. The summed E-state index contributed by atoms with van der Waals surface area (Å²) in [5, 5.41) is 7.98. The molecule has 0 fully saturated rings. The molecule has 0 aliphatic carbocycles. The Morgan fingerprint density at radius 1 is 1.11 bits per heavy atom. The van der Waals surface area contributed by atoms with Gasteiger partial charge < -0.3 is 18.6 Å². The Morgan fingerprint density at radius 2 is 1.89 bits per heavy atom. The average Bonchev–Trinajstić information content (AvgIpc) is 3.19. The van der Waals surface area contributed by atoms with Gasteiger partial charge in [0, 0.05) is 5.56 Å². The molecule has 1 aromatic heterocycles. The molecule has 3 rings (SSSR count). The molecule has 0 aliphatic heterocycles. The Labute approximate surface area is 156 Å². The quantitative estimate of drug-likeness (QED) is 0.581. The molecule has 1 atom stereocenters. The number of rotatable bonds is 7. The van der Waals surface area contributed by atoms with Gasteiger partial charge in [-0.1, -0.05) is 18.2 Å². The number of methoxy groups -OCH3 is 1. The highest BCUT2D eigenvalue weighted by Crippen LogP contribution is 2.29. The van der Waals surface area contributed by atoms with Gasteiger partial charge in [-0.05, 0) is 44.2 Å². The van der Waals surface area contributed by atoms with Crippen molar-refractivity contribution in [2.45, 2.75) is 20.0 Å². The van der Waals surface area contributed by atoms with Crippen LogP contribution in [0.25, 0.3) is 11.5 Å². The number of ether oxygens (including phenoxy) is 3. The van der Waals surface area contributed by atoms with E-state index >= 15 is 0 Å². The zero-order chi connectivity index (χ0) is 19.2. The third kappa shape index (κ3) is 4.25. The fourth-order valence-corrected chi connectivity index (χ4v) is 2.45. The summed E-state index contributed by atoms with van der Waals surface area (Å²) in [5.41, 5.74) is 1.14. The van der Waals surface area contributed by atoms with Gasteiger partial charge in [-0.2, -0.15) is 0 Å². The minimum absolute atomic E-state index is 0.223. The maximum atomic E-state index is 12.5. The van der Waals surface area contributed by atoms with Crippen molar-refractivity contribution < 1.29 is 23.4 Å². The molecule has 0 amide bonds. The predicted molar refractivity (Wildman–Crippen MR) is 97.7 cm³/mol. The second-order valence-electron chi connectivity index (χ2n) is 5.66. The van der Waals surface area contributed by atoms with Crippen LogP contribution in [-0.2, 0) is 4.74 Å². The van der Waals surface area contributed by atoms with Crippen LogP contribution in [0.3, 0.4) is 0 Å². The van der Waals surface area contributed by atoms with Crippen LogP contribution >= 0.6 is 0 Å². The fourth-order valence-electron chi connectivity index (χ4n) is 2.45. The summed E-state index contributed by atoms with van der Waals surface area (Å²) in [6.45, 7) is 3.98. The Bertz CT molecular complexity index is 908. The SMILES string of the molecule is CCOc1cc(C(=O)O[C@@H](C)c2nnc(-c3ccccc3)o2)ccc1OC. The average molecular weight is 368 g/mol. The summed E-state index contributed by atoms with van der Waals surface area (Å²) in [6, 6.07) is 14.2. The van der Waals surface area contributed by atoms with Crippen molar-refractivity contribution in [3.8, 4) is 23.0 Å². The molecule has 0 saturated carbocycles. The summed E-state index contributed by atoms with van der Waals surface area (Å²) in [4.78, 5) is 12.5. The zero-order valence-electron chi connectivity index (χ0n) is 15.3. The van der Waals surface area contributed by atoms with Gasteiger partial charge >= 0.3 is 5.97 Å². The summed E-state index contributed by atoms with van der Waals surface area (Å²) in [5.74, 6) is 1.10. The van der Waals surface area contributed by atoms with E-state index in [2.05, 4.69) is 10.2 Å². The van der Waals surface area contributed by atoms with Gasteiger partial charge in [-0.15, -0.1) is 10.2 Å². The van der Waals surface area contributed by atoms with Crippen molar-refractivity contribution >= 4 is 5.97 Å². The van der Waals surface area contributed by atoms with Crippen LogP contribution in [0.15, 0.2) is 52.9 Å². The van der Waals surface area contributed by atoms with E-state index in [1.165, 1.54) is 7.11 Å². The van der Waals surface area contributed by atoms with Crippen LogP contribution in [0.5, 0.6) is 11.5 Å². The molecule has 0 unspecified atom stereocenters. The number of benzene rings is 2. The molecule has 0 N–H and O–H groups in total. The van der Waals surface area contributed by atoms with Gasteiger partial charge in [-0.25, -0.2) is 4.79 Å². The van der Waals surface area contributed by atoms with E-state index in [1.807, 2.05) is 37.3 Å². The fraction of sp³-hybridized carbons (Fsp3) is 0.250. The molecule has 7 heteroatoms. The van der Waals surface area contributed by atoms with Crippen molar-refractivity contribution in [1.29, 1.82) is 0 Å². The van der Waals surface area contributed by atoms with Gasteiger partial charge in [0.15, 0.2) is 17.6 Å². The van der Waals surface area contributed by atoms with E-state index in [-0.39, 0.29) is 5.89 Å². The number of aromatic nitrogens is 2. The highest BCUT2D eigenvalue weighted by molar-refractivity contribution is 5.90. The Morgan fingerprint density at radius 3 is 2.59 bits per heavy atom. The molecule has 3 aromatic rings. The lowest BCUT2D eigenvalue weighted by Crippen LogP contribution is -2.10. The molecule has 0 spiro atoms. The molecular weight excluding hydrogens is 348 g/mol. The van der Waals surface area contributed by atoms with Crippen LogP contribution in [0.1, 0.15) is 36.2 Å². The molecular formula is C20H20N2O5. The maximum absolute atomic E-state index is 12.5. The summed E-state index contributed by atoms with van der Waals surface area (Å²) in [7, 11) is 1.54. The lowest BCUT2D eigenvalue weighted by Gasteiger charge is -2.12. The monoisotopic (exact) mass is 368 g/mol.